The molecule has 19 heavy (non-hydrogen) atoms. The Morgan fingerprint density at radius 3 is 2.26 bits per heavy atom. The van der Waals surface area contributed by atoms with Crippen LogP contribution in [0, 0.1) is 11.3 Å². The van der Waals surface area contributed by atoms with Crippen molar-refractivity contribution >= 4 is 16.2 Å². The first-order valence-corrected chi connectivity index (χ1v) is 8.23. The fourth-order valence-corrected chi connectivity index (χ4v) is 3.38. The third kappa shape index (κ3) is 5.08. The molecule has 1 aliphatic rings. The third-order valence-electron chi connectivity index (χ3n) is 3.55. The Kier molecular flexibility index (Phi) is 5.76. The summed E-state index contributed by atoms with van der Waals surface area (Å²) in [5.41, 5.74) is -0.940. The van der Waals surface area contributed by atoms with E-state index in [1.165, 1.54) is 0 Å². The van der Waals surface area contributed by atoms with E-state index in [2.05, 4.69) is 9.44 Å². The molecule has 0 aliphatic heterocycles. The zero-order valence-corrected chi connectivity index (χ0v) is 12.4. The Morgan fingerprint density at radius 1 is 1.21 bits per heavy atom. The summed E-state index contributed by atoms with van der Waals surface area (Å²) in [4.78, 5) is 11.4. The molecule has 0 aromatic carbocycles. The second-order valence-electron chi connectivity index (χ2n) is 5.71. The van der Waals surface area contributed by atoms with Gasteiger partial charge in [-0.2, -0.15) is 8.42 Å². The van der Waals surface area contributed by atoms with E-state index in [1.807, 2.05) is 13.8 Å². The van der Waals surface area contributed by atoms with Crippen LogP contribution in [-0.4, -0.2) is 32.6 Å². The molecule has 1 saturated carbocycles. The van der Waals surface area contributed by atoms with Crippen molar-refractivity contribution in [1.82, 2.24) is 9.44 Å². The maximum absolute atomic E-state index is 11.7. The molecule has 7 heteroatoms. The van der Waals surface area contributed by atoms with Gasteiger partial charge in [0.05, 0.1) is 5.41 Å². The van der Waals surface area contributed by atoms with Gasteiger partial charge < -0.3 is 5.11 Å². The summed E-state index contributed by atoms with van der Waals surface area (Å²) in [6.07, 6.45) is 3.78. The van der Waals surface area contributed by atoms with Gasteiger partial charge in [-0.05, 0) is 18.8 Å². The molecule has 0 saturated heterocycles. The zero-order chi connectivity index (χ0) is 14.5. The van der Waals surface area contributed by atoms with Gasteiger partial charge in [0.25, 0.3) is 10.2 Å². The lowest BCUT2D eigenvalue weighted by atomic mass is 9.74. The first-order chi connectivity index (χ1) is 8.77. The van der Waals surface area contributed by atoms with E-state index in [-0.39, 0.29) is 12.5 Å². The van der Waals surface area contributed by atoms with E-state index in [0.717, 1.165) is 19.3 Å². The van der Waals surface area contributed by atoms with Gasteiger partial charge in [-0.3, -0.25) is 4.79 Å². The van der Waals surface area contributed by atoms with Crippen molar-refractivity contribution in [3.8, 4) is 0 Å². The van der Waals surface area contributed by atoms with Gasteiger partial charge in [-0.25, -0.2) is 9.44 Å². The van der Waals surface area contributed by atoms with Crippen LogP contribution in [0.3, 0.4) is 0 Å². The van der Waals surface area contributed by atoms with Gasteiger partial charge in [0.15, 0.2) is 0 Å². The number of nitrogens with one attached hydrogen (secondary N) is 2. The first kappa shape index (κ1) is 16.4. The monoisotopic (exact) mass is 292 g/mol. The minimum Gasteiger partial charge on any atom is -0.481 e. The van der Waals surface area contributed by atoms with Crippen LogP contribution in [0.2, 0.25) is 0 Å². The summed E-state index contributed by atoms with van der Waals surface area (Å²) in [5.74, 6) is -0.696. The predicted octanol–water partition coefficient (Wildman–Crippen LogP) is 1.10. The number of carboxylic acid groups (broad SMARTS) is 1. The number of rotatable bonds is 7. The molecule has 6 nitrogen and oxygen atoms in total. The van der Waals surface area contributed by atoms with Crippen LogP contribution >= 0.6 is 0 Å². The van der Waals surface area contributed by atoms with Crippen LogP contribution in [0.15, 0.2) is 0 Å². The number of aliphatic carboxylic acids is 1. The third-order valence-corrected chi connectivity index (χ3v) is 4.62. The second-order valence-corrected chi connectivity index (χ2v) is 7.30. The minimum absolute atomic E-state index is 0.0320. The Hall–Kier alpha value is -0.660. The maximum Gasteiger partial charge on any atom is 0.310 e. The highest BCUT2D eigenvalue weighted by Crippen LogP contribution is 2.36. The lowest BCUT2D eigenvalue weighted by Gasteiger charge is -2.33. The molecule has 1 aliphatic carbocycles. The van der Waals surface area contributed by atoms with Crippen LogP contribution in [-0.2, 0) is 15.0 Å². The summed E-state index contributed by atoms with van der Waals surface area (Å²) in [7, 11) is -3.61. The van der Waals surface area contributed by atoms with Crippen molar-refractivity contribution in [1.29, 1.82) is 0 Å². The fourth-order valence-electron chi connectivity index (χ4n) is 2.26. The van der Waals surface area contributed by atoms with Crippen molar-refractivity contribution in [2.45, 2.75) is 46.0 Å². The number of hydrogen-bond acceptors (Lipinski definition) is 3. The van der Waals surface area contributed by atoms with Crippen LogP contribution < -0.4 is 9.44 Å². The molecule has 1 fully saturated rings. The van der Waals surface area contributed by atoms with Gasteiger partial charge in [0.2, 0.25) is 0 Å². The summed E-state index contributed by atoms with van der Waals surface area (Å²) in [6, 6.07) is 0. The number of carboxylic acids is 1. The van der Waals surface area contributed by atoms with E-state index < -0.39 is 21.6 Å². The van der Waals surface area contributed by atoms with Gasteiger partial charge in [0, 0.05) is 13.1 Å². The van der Waals surface area contributed by atoms with E-state index in [1.54, 1.807) is 0 Å². The Labute approximate surface area is 115 Å². The Balaban J connectivity index is 2.59. The topological polar surface area (TPSA) is 95.5 Å². The number of hydrogen-bond donors (Lipinski definition) is 3. The van der Waals surface area contributed by atoms with E-state index in [9.17, 15) is 18.3 Å². The molecule has 0 radical (unpaired) electrons. The average molecular weight is 292 g/mol. The predicted molar refractivity (Wildman–Crippen MR) is 72.9 cm³/mol. The average Bonchev–Trinajstić information content (AvgIpc) is 2.35. The van der Waals surface area contributed by atoms with Crippen LogP contribution in [0.5, 0.6) is 0 Å². The smallest absolute Gasteiger partial charge is 0.310 e. The molecule has 3 N–H and O–H groups in total. The summed E-state index contributed by atoms with van der Waals surface area (Å²) in [6.45, 7) is 4.12. The van der Waals surface area contributed by atoms with Gasteiger partial charge in [0.1, 0.15) is 0 Å². The molecule has 1 rings (SSSR count). The molecule has 0 unspecified atom stereocenters. The molecule has 0 atom stereocenters. The van der Waals surface area contributed by atoms with Gasteiger partial charge >= 0.3 is 5.97 Å². The lowest BCUT2D eigenvalue weighted by molar-refractivity contribution is -0.150. The first-order valence-electron chi connectivity index (χ1n) is 6.75. The summed E-state index contributed by atoms with van der Waals surface area (Å²) < 4.78 is 28.3. The Morgan fingerprint density at radius 2 is 1.79 bits per heavy atom. The van der Waals surface area contributed by atoms with Crippen LogP contribution in [0.1, 0.15) is 46.0 Å². The quantitative estimate of drug-likeness (QED) is 0.655. The standard InChI is InChI=1S/C12H24N2O4S/c1-10(2)8-13-19(17,18)14-9-12(11(15)16)6-4-3-5-7-12/h10,13-14H,3-9H2,1-2H3,(H,15,16). The van der Waals surface area contributed by atoms with Crippen molar-refractivity contribution in [2.24, 2.45) is 11.3 Å². The van der Waals surface area contributed by atoms with Gasteiger partial charge in [-0.1, -0.05) is 33.1 Å². The van der Waals surface area contributed by atoms with Crippen molar-refractivity contribution in [2.75, 3.05) is 13.1 Å². The normalized spacial score (nSPS) is 19.5. The molecular weight excluding hydrogens is 268 g/mol. The van der Waals surface area contributed by atoms with Gasteiger partial charge in [-0.15, -0.1) is 0 Å². The molecule has 0 aromatic heterocycles. The Bertz CT molecular complexity index is 400. The summed E-state index contributed by atoms with van der Waals surface area (Å²) in [5, 5.41) is 9.35. The largest absolute Gasteiger partial charge is 0.481 e. The van der Waals surface area contributed by atoms with Crippen molar-refractivity contribution in [3.05, 3.63) is 0 Å². The van der Waals surface area contributed by atoms with Crippen molar-refractivity contribution in [3.63, 3.8) is 0 Å². The molecule has 0 aromatic rings. The highest BCUT2D eigenvalue weighted by atomic mass is 32.2. The SMILES string of the molecule is CC(C)CNS(=O)(=O)NCC1(C(=O)O)CCCCC1. The molecule has 112 valence electrons. The maximum atomic E-state index is 11.7. The summed E-state index contributed by atoms with van der Waals surface area (Å²) >= 11 is 0. The molecular formula is C12H24N2O4S. The highest BCUT2D eigenvalue weighted by molar-refractivity contribution is 7.87. The second kappa shape index (κ2) is 6.67. The highest BCUT2D eigenvalue weighted by Gasteiger charge is 2.40. The van der Waals surface area contributed by atoms with Crippen molar-refractivity contribution < 1.29 is 18.3 Å². The molecule has 0 amide bonds. The van der Waals surface area contributed by atoms with Crippen LogP contribution in [0.25, 0.3) is 0 Å². The van der Waals surface area contributed by atoms with E-state index in [0.29, 0.717) is 19.4 Å². The minimum atomic E-state index is -3.61. The van der Waals surface area contributed by atoms with Crippen LogP contribution in [0.4, 0.5) is 0 Å². The van der Waals surface area contributed by atoms with E-state index in [4.69, 9.17) is 0 Å². The lowest BCUT2D eigenvalue weighted by Crippen LogP contribution is -2.47. The molecule has 0 heterocycles. The van der Waals surface area contributed by atoms with E-state index >= 15 is 0 Å². The molecule has 0 spiro atoms. The number of carbonyl (C=O) groups is 1. The fraction of sp³-hybridized carbons (Fsp3) is 0.917. The zero-order valence-electron chi connectivity index (χ0n) is 11.6. The molecule has 0 bridgehead atoms.